The molecule has 0 saturated heterocycles. The molecule has 0 amide bonds. The molecule has 1 heterocycles. The molecule has 2 atom stereocenters. The van der Waals surface area contributed by atoms with E-state index in [1.54, 1.807) is 13.3 Å². The van der Waals surface area contributed by atoms with Gasteiger partial charge in [-0.05, 0) is 24.1 Å². The summed E-state index contributed by atoms with van der Waals surface area (Å²) >= 11 is 0. The SMILES string of the molecule is COCC(NC(C)c1cccnc1)c1ccccc1. The van der Waals surface area contributed by atoms with E-state index in [1.807, 2.05) is 18.3 Å². The van der Waals surface area contributed by atoms with E-state index in [2.05, 4.69) is 47.6 Å². The van der Waals surface area contributed by atoms with Gasteiger partial charge in [0.2, 0.25) is 0 Å². The largest absolute Gasteiger partial charge is 0.383 e. The molecule has 100 valence electrons. The van der Waals surface area contributed by atoms with E-state index in [0.29, 0.717) is 6.61 Å². The number of hydrogen-bond acceptors (Lipinski definition) is 3. The molecule has 19 heavy (non-hydrogen) atoms. The van der Waals surface area contributed by atoms with Gasteiger partial charge in [-0.25, -0.2) is 0 Å². The van der Waals surface area contributed by atoms with E-state index in [-0.39, 0.29) is 12.1 Å². The third-order valence-corrected chi connectivity index (χ3v) is 3.17. The predicted molar refractivity (Wildman–Crippen MR) is 76.8 cm³/mol. The zero-order valence-electron chi connectivity index (χ0n) is 11.4. The van der Waals surface area contributed by atoms with Gasteiger partial charge in [0.25, 0.3) is 0 Å². The third kappa shape index (κ3) is 3.88. The highest BCUT2D eigenvalue weighted by molar-refractivity contribution is 5.20. The lowest BCUT2D eigenvalue weighted by molar-refractivity contribution is 0.162. The monoisotopic (exact) mass is 256 g/mol. The number of methoxy groups -OCH3 is 1. The molecule has 0 aliphatic carbocycles. The third-order valence-electron chi connectivity index (χ3n) is 3.17. The molecule has 0 aliphatic rings. The van der Waals surface area contributed by atoms with Crippen LogP contribution in [0.5, 0.6) is 0 Å². The van der Waals surface area contributed by atoms with Crippen molar-refractivity contribution in [2.45, 2.75) is 19.0 Å². The van der Waals surface area contributed by atoms with Crippen LogP contribution in [0.15, 0.2) is 54.9 Å². The molecule has 2 aromatic rings. The Bertz CT molecular complexity index is 473. The first-order chi connectivity index (χ1) is 9.31. The Kier molecular flexibility index (Phi) is 5.07. The van der Waals surface area contributed by atoms with E-state index >= 15 is 0 Å². The van der Waals surface area contributed by atoms with Gasteiger partial charge in [0.05, 0.1) is 12.6 Å². The molecular formula is C16H20N2O. The average molecular weight is 256 g/mol. The van der Waals surface area contributed by atoms with Crippen molar-refractivity contribution in [1.82, 2.24) is 10.3 Å². The number of hydrogen-bond donors (Lipinski definition) is 1. The first kappa shape index (κ1) is 13.7. The molecule has 3 nitrogen and oxygen atoms in total. The lowest BCUT2D eigenvalue weighted by Gasteiger charge is -2.23. The van der Waals surface area contributed by atoms with Gasteiger partial charge < -0.3 is 10.1 Å². The fourth-order valence-corrected chi connectivity index (χ4v) is 2.12. The van der Waals surface area contributed by atoms with Crippen LogP contribution in [-0.4, -0.2) is 18.7 Å². The summed E-state index contributed by atoms with van der Waals surface area (Å²) in [6.45, 7) is 2.79. The molecule has 1 aromatic heterocycles. The van der Waals surface area contributed by atoms with Crippen LogP contribution in [0.25, 0.3) is 0 Å². The Morgan fingerprint density at radius 2 is 1.84 bits per heavy atom. The van der Waals surface area contributed by atoms with Crippen LogP contribution < -0.4 is 5.32 Å². The fraction of sp³-hybridized carbons (Fsp3) is 0.312. The summed E-state index contributed by atoms with van der Waals surface area (Å²) < 4.78 is 5.32. The topological polar surface area (TPSA) is 34.1 Å². The molecule has 2 unspecified atom stereocenters. The summed E-state index contributed by atoms with van der Waals surface area (Å²) in [7, 11) is 1.73. The van der Waals surface area contributed by atoms with E-state index in [9.17, 15) is 0 Å². The van der Waals surface area contributed by atoms with Crippen molar-refractivity contribution in [2.75, 3.05) is 13.7 Å². The second-order valence-electron chi connectivity index (χ2n) is 4.59. The minimum Gasteiger partial charge on any atom is -0.383 e. The highest BCUT2D eigenvalue weighted by atomic mass is 16.5. The Balaban J connectivity index is 2.09. The summed E-state index contributed by atoms with van der Waals surface area (Å²) in [5, 5.41) is 3.59. The zero-order chi connectivity index (χ0) is 13.5. The van der Waals surface area contributed by atoms with Crippen molar-refractivity contribution in [2.24, 2.45) is 0 Å². The number of nitrogens with one attached hydrogen (secondary N) is 1. The smallest absolute Gasteiger partial charge is 0.0657 e. The van der Waals surface area contributed by atoms with Gasteiger partial charge in [-0.2, -0.15) is 0 Å². The predicted octanol–water partition coefficient (Wildman–Crippen LogP) is 3.12. The Labute approximate surface area is 114 Å². The maximum absolute atomic E-state index is 5.32. The minimum absolute atomic E-state index is 0.182. The molecule has 0 bridgehead atoms. The van der Waals surface area contributed by atoms with Crippen LogP contribution in [-0.2, 0) is 4.74 Å². The molecule has 3 heteroatoms. The lowest BCUT2D eigenvalue weighted by atomic mass is 10.0. The summed E-state index contributed by atoms with van der Waals surface area (Å²) in [4.78, 5) is 4.16. The maximum Gasteiger partial charge on any atom is 0.0657 e. The number of aromatic nitrogens is 1. The van der Waals surface area contributed by atoms with E-state index < -0.39 is 0 Å². The molecule has 2 rings (SSSR count). The normalized spacial score (nSPS) is 14.0. The van der Waals surface area contributed by atoms with Crippen LogP contribution in [0.4, 0.5) is 0 Å². The van der Waals surface area contributed by atoms with E-state index in [0.717, 1.165) is 0 Å². The highest BCUT2D eigenvalue weighted by Gasteiger charge is 2.15. The van der Waals surface area contributed by atoms with E-state index in [1.165, 1.54) is 11.1 Å². The Hall–Kier alpha value is -1.71. The summed E-state index contributed by atoms with van der Waals surface area (Å²) in [6.07, 6.45) is 3.69. The van der Waals surface area contributed by atoms with Gasteiger partial charge >= 0.3 is 0 Å². The lowest BCUT2D eigenvalue weighted by Crippen LogP contribution is -2.28. The van der Waals surface area contributed by atoms with Crippen molar-refractivity contribution in [3.8, 4) is 0 Å². The van der Waals surface area contributed by atoms with Gasteiger partial charge in [-0.3, -0.25) is 4.98 Å². The zero-order valence-corrected chi connectivity index (χ0v) is 11.4. The molecule has 0 spiro atoms. The molecule has 0 aliphatic heterocycles. The Morgan fingerprint density at radius 3 is 2.47 bits per heavy atom. The number of ether oxygens (including phenoxy) is 1. The second-order valence-corrected chi connectivity index (χ2v) is 4.59. The van der Waals surface area contributed by atoms with E-state index in [4.69, 9.17) is 4.74 Å². The molecule has 1 N–H and O–H groups in total. The van der Waals surface area contributed by atoms with Crippen LogP contribution in [0.2, 0.25) is 0 Å². The van der Waals surface area contributed by atoms with Gasteiger partial charge in [0.1, 0.15) is 0 Å². The maximum atomic E-state index is 5.32. The number of rotatable bonds is 6. The van der Waals surface area contributed by atoms with Gasteiger partial charge in [0.15, 0.2) is 0 Å². The molecule has 1 aromatic carbocycles. The van der Waals surface area contributed by atoms with Crippen molar-refractivity contribution in [3.63, 3.8) is 0 Å². The van der Waals surface area contributed by atoms with Crippen molar-refractivity contribution in [3.05, 3.63) is 66.0 Å². The van der Waals surface area contributed by atoms with Crippen LogP contribution in [0.3, 0.4) is 0 Å². The van der Waals surface area contributed by atoms with Gasteiger partial charge in [-0.1, -0.05) is 36.4 Å². The van der Waals surface area contributed by atoms with Crippen molar-refractivity contribution < 1.29 is 4.74 Å². The van der Waals surface area contributed by atoms with Crippen LogP contribution >= 0.6 is 0 Å². The van der Waals surface area contributed by atoms with Crippen molar-refractivity contribution in [1.29, 1.82) is 0 Å². The minimum atomic E-state index is 0.182. The van der Waals surface area contributed by atoms with Gasteiger partial charge in [-0.15, -0.1) is 0 Å². The number of pyridine rings is 1. The summed E-state index contributed by atoms with van der Waals surface area (Å²) in [5.41, 5.74) is 2.42. The van der Waals surface area contributed by atoms with Crippen LogP contribution in [0, 0.1) is 0 Å². The molecular weight excluding hydrogens is 236 g/mol. The van der Waals surface area contributed by atoms with Crippen LogP contribution in [0.1, 0.15) is 30.1 Å². The first-order valence-electron chi connectivity index (χ1n) is 6.51. The second kappa shape index (κ2) is 7.02. The summed E-state index contributed by atoms with van der Waals surface area (Å²) in [5.74, 6) is 0. The molecule has 0 radical (unpaired) electrons. The first-order valence-corrected chi connectivity index (χ1v) is 6.51. The number of benzene rings is 1. The summed E-state index contributed by atoms with van der Waals surface area (Å²) in [6, 6.07) is 14.8. The fourth-order valence-electron chi connectivity index (χ4n) is 2.12. The van der Waals surface area contributed by atoms with Gasteiger partial charge in [0, 0.05) is 25.5 Å². The van der Waals surface area contributed by atoms with Crippen molar-refractivity contribution >= 4 is 0 Å². The average Bonchev–Trinajstić information content (AvgIpc) is 2.48. The quantitative estimate of drug-likeness (QED) is 0.862. The highest BCUT2D eigenvalue weighted by Crippen LogP contribution is 2.19. The number of nitrogens with zero attached hydrogens (tertiary/aromatic N) is 1. The molecule has 0 saturated carbocycles. The Morgan fingerprint density at radius 1 is 1.11 bits per heavy atom. The molecule has 0 fully saturated rings. The standard InChI is InChI=1S/C16H20N2O/c1-13(15-9-6-10-17-11-15)18-16(12-19-2)14-7-4-3-5-8-14/h3-11,13,16,18H,12H2,1-2H3.